The Morgan fingerprint density at radius 3 is 2.46 bits per heavy atom. The largest absolute Gasteiger partial charge is 0.316 e. The van der Waals surface area contributed by atoms with Gasteiger partial charge in [0.1, 0.15) is 5.54 Å². The second kappa shape index (κ2) is 2.97. The molecule has 1 unspecified atom stereocenters. The molecule has 13 heavy (non-hydrogen) atoms. The van der Waals surface area contributed by atoms with Crippen LogP contribution in [0.15, 0.2) is 0 Å². The van der Waals surface area contributed by atoms with Crippen LogP contribution in [0.2, 0.25) is 0 Å². The molecular weight excluding hydrogens is 162 g/mol. The van der Waals surface area contributed by atoms with E-state index in [0.29, 0.717) is 6.04 Å². The molecule has 2 fully saturated rings. The maximum absolute atomic E-state index is 9.04. The SMILES string of the molecule is CC(C1CNC1)N(C)C1(C#N)CC1. The lowest BCUT2D eigenvalue weighted by molar-refractivity contribution is 0.118. The molecule has 1 N–H and O–H groups in total. The van der Waals surface area contributed by atoms with Crippen LogP contribution < -0.4 is 5.32 Å². The van der Waals surface area contributed by atoms with Crippen LogP contribution in [-0.2, 0) is 0 Å². The summed E-state index contributed by atoms with van der Waals surface area (Å²) in [7, 11) is 2.10. The fraction of sp³-hybridized carbons (Fsp3) is 0.900. The molecule has 1 atom stereocenters. The van der Waals surface area contributed by atoms with Crippen LogP contribution in [0.5, 0.6) is 0 Å². The predicted molar refractivity (Wildman–Crippen MR) is 51.2 cm³/mol. The van der Waals surface area contributed by atoms with Gasteiger partial charge in [-0.15, -0.1) is 0 Å². The first-order valence-electron chi connectivity index (χ1n) is 5.04. The topological polar surface area (TPSA) is 39.1 Å². The molecular formula is C10H17N3. The average molecular weight is 179 g/mol. The van der Waals surface area contributed by atoms with Gasteiger partial charge in [0.15, 0.2) is 0 Å². The molecule has 0 aromatic rings. The molecule has 2 rings (SSSR count). The van der Waals surface area contributed by atoms with E-state index in [4.69, 9.17) is 5.26 Å². The fourth-order valence-electron chi connectivity index (χ4n) is 2.02. The van der Waals surface area contributed by atoms with Gasteiger partial charge in [0.05, 0.1) is 6.07 Å². The normalized spacial score (nSPS) is 27.8. The number of nitriles is 1. The Hall–Kier alpha value is -0.590. The maximum Gasteiger partial charge on any atom is 0.109 e. The molecule has 3 heteroatoms. The van der Waals surface area contributed by atoms with Gasteiger partial charge in [0, 0.05) is 19.1 Å². The molecule has 1 aliphatic carbocycles. The van der Waals surface area contributed by atoms with E-state index in [9.17, 15) is 0 Å². The Morgan fingerprint density at radius 1 is 1.54 bits per heavy atom. The summed E-state index contributed by atoms with van der Waals surface area (Å²) < 4.78 is 0. The van der Waals surface area contributed by atoms with Gasteiger partial charge in [-0.25, -0.2) is 0 Å². The van der Waals surface area contributed by atoms with Crippen LogP contribution in [-0.4, -0.2) is 36.6 Å². The monoisotopic (exact) mass is 179 g/mol. The summed E-state index contributed by atoms with van der Waals surface area (Å²) in [4.78, 5) is 2.28. The highest BCUT2D eigenvalue weighted by atomic mass is 15.2. The third kappa shape index (κ3) is 1.34. The van der Waals surface area contributed by atoms with Crippen LogP contribution in [0.3, 0.4) is 0 Å². The minimum Gasteiger partial charge on any atom is -0.316 e. The number of nitrogens with zero attached hydrogens (tertiary/aromatic N) is 2. The van der Waals surface area contributed by atoms with Gasteiger partial charge in [-0.05, 0) is 32.7 Å². The molecule has 0 aromatic carbocycles. The highest BCUT2D eigenvalue weighted by Crippen LogP contribution is 2.42. The molecule has 1 heterocycles. The zero-order valence-electron chi connectivity index (χ0n) is 8.38. The Morgan fingerprint density at radius 2 is 2.15 bits per heavy atom. The van der Waals surface area contributed by atoms with Gasteiger partial charge in [-0.3, -0.25) is 4.90 Å². The first kappa shape index (κ1) is 8.98. The highest BCUT2D eigenvalue weighted by molar-refractivity contribution is 5.19. The standard InChI is InChI=1S/C10H17N3/c1-8(9-5-12-6-9)13(2)10(7-11)3-4-10/h8-9,12H,3-6H2,1-2H3. The van der Waals surface area contributed by atoms with Gasteiger partial charge in [-0.1, -0.05) is 0 Å². The first-order valence-corrected chi connectivity index (χ1v) is 5.04. The Bertz CT molecular complexity index is 235. The minimum absolute atomic E-state index is 0.102. The van der Waals surface area contributed by atoms with E-state index in [1.807, 2.05) is 0 Å². The van der Waals surface area contributed by atoms with Crippen LogP contribution in [0.1, 0.15) is 19.8 Å². The van der Waals surface area contributed by atoms with Crippen molar-refractivity contribution in [2.45, 2.75) is 31.3 Å². The molecule has 1 saturated carbocycles. The number of nitrogens with one attached hydrogen (secondary N) is 1. The molecule has 2 aliphatic rings. The van der Waals surface area contributed by atoms with Gasteiger partial charge >= 0.3 is 0 Å². The zero-order valence-corrected chi connectivity index (χ0v) is 8.38. The lowest BCUT2D eigenvalue weighted by Crippen LogP contribution is -2.55. The summed E-state index contributed by atoms with van der Waals surface area (Å²) in [5, 5.41) is 12.3. The zero-order chi connectivity index (χ0) is 9.47. The molecule has 0 aromatic heterocycles. The summed E-state index contributed by atoms with van der Waals surface area (Å²) in [6.45, 7) is 4.48. The summed E-state index contributed by atoms with van der Waals surface area (Å²) in [5.41, 5.74) is -0.102. The summed E-state index contributed by atoms with van der Waals surface area (Å²) >= 11 is 0. The predicted octanol–water partition coefficient (Wildman–Crippen LogP) is 0.582. The van der Waals surface area contributed by atoms with Gasteiger partial charge in [-0.2, -0.15) is 5.26 Å². The summed E-state index contributed by atoms with van der Waals surface area (Å²) in [6, 6.07) is 2.99. The van der Waals surface area contributed by atoms with Gasteiger partial charge in [0.25, 0.3) is 0 Å². The second-order valence-corrected chi connectivity index (χ2v) is 4.41. The van der Waals surface area contributed by atoms with E-state index >= 15 is 0 Å². The van der Waals surface area contributed by atoms with Crippen molar-refractivity contribution >= 4 is 0 Å². The van der Waals surface area contributed by atoms with Crippen molar-refractivity contribution in [3.63, 3.8) is 0 Å². The van der Waals surface area contributed by atoms with Crippen molar-refractivity contribution in [2.75, 3.05) is 20.1 Å². The van der Waals surface area contributed by atoms with E-state index in [1.54, 1.807) is 0 Å². The van der Waals surface area contributed by atoms with Crippen LogP contribution in [0.4, 0.5) is 0 Å². The van der Waals surface area contributed by atoms with Gasteiger partial charge in [0.2, 0.25) is 0 Å². The van der Waals surface area contributed by atoms with Crippen molar-refractivity contribution in [3.05, 3.63) is 0 Å². The van der Waals surface area contributed by atoms with E-state index in [1.165, 1.54) is 0 Å². The lowest BCUT2D eigenvalue weighted by Gasteiger charge is -2.39. The van der Waals surface area contributed by atoms with Gasteiger partial charge < -0.3 is 5.32 Å². The molecule has 72 valence electrons. The molecule has 0 radical (unpaired) electrons. The van der Waals surface area contributed by atoms with Crippen LogP contribution in [0.25, 0.3) is 0 Å². The van der Waals surface area contributed by atoms with Crippen molar-refractivity contribution in [1.29, 1.82) is 5.26 Å². The fourth-order valence-corrected chi connectivity index (χ4v) is 2.02. The number of rotatable bonds is 3. The van der Waals surface area contributed by atoms with E-state index in [0.717, 1.165) is 31.8 Å². The smallest absolute Gasteiger partial charge is 0.109 e. The maximum atomic E-state index is 9.04. The first-order chi connectivity index (χ1) is 6.19. The third-order valence-corrected chi connectivity index (χ3v) is 3.71. The quantitative estimate of drug-likeness (QED) is 0.689. The van der Waals surface area contributed by atoms with E-state index < -0.39 is 0 Å². The van der Waals surface area contributed by atoms with Crippen LogP contribution in [0, 0.1) is 17.2 Å². The van der Waals surface area contributed by atoms with Crippen LogP contribution >= 0.6 is 0 Å². The van der Waals surface area contributed by atoms with E-state index in [2.05, 4.69) is 30.3 Å². The van der Waals surface area contributed by atoms with Crippen molar-refractivity contribution in [1.82, 2.24) is 10.2 Å². The summed E-state index contributed by atoms with van der Waals surface area (Å²) in [6.07, 6.45) is 2.12. The Kier molecular flexibility index (Phi) is 2.05. The van der Waals surface area contributed by atoms with Crippen molar-refractivity contribution in [2.24, 2.45) is 5.92 Å². The Labute approximate surface area is 79.7 Å². The molecule has 1 saturated heterocycles. The Balaban J connectivity index is 1.96. The minimum atomic E-state index is -0.102. The summed E-state index contributed by atoms with van der Waals surface area (Å²) in [5.74, 6) is 0.746. The van der Waals surface area contributed by atoms with Crippen molar-refractivity contribution in [3.8, 4) is 6.07 Å². The molecule has 0 amide bonds. The highest BCUT2D eigenvalue weighted by Gasteiger charge is 2.49. The average Bonchev–Trinajstić information content (AvgIpc) is 2.80. The van der Waals surface area contributed by atoms with Crippen molar-refractivity contribution < 1.29 is 0 Å². The number of hydrogen-bond acceptors (Lipinski definition) is 3. The number of hydrogen-bond donors (Lipinski definition) is 1. The molecule has 3 nitrogen and oxygen atoms in total. The van der Waals surface area contributed by atoms with E-state index in [-0.39, 0.29) is 5.54 Å². The molecule has 0 bridgehead atoms. The molecule has 0 spiro atoms. The lowest BCUT2D eigenvalue weighted by atomic mass is 9.93. The third-order valence-electron chi connectivity index (χ3n) is 3.71. The molecule has 1 aliphatic heterocycles. The second-order valence-electron chi connectivity index (χ2n) is 4.41.